The van der Waals surface area contributed by atoms with Gasteiger partial charge in [-0.15, -0.1) is 0 Å². The Hall–Kier alpha value is -2.25. The van der Waals surface area contributed by atoms with Crippen molar-refractivity contribution in [3.8, 4) is 0 Å². The first-order valence-electron chi connectivity index (χ1n) is 9.37. The highest BCUT2D eigenvalue weighted by molar-refractivity contribution is 7.89. The van der Waals surface area contributed by atoms with Crippen LogP contribution in [0, 0.1) is 0 Å². The fraction of sp³-hybridized carbons (Fsp3) is 0.400. The third-order valence-electron chi connectivity index (χ3n) is 5.34. The Morgan fingerprint density at radius 1 is 1.00 bits per heavy atom. The number of carbonyl (C=O) groups is 1. The highest BCUT2D eigenvalue weighted by Crippen LogP contribution is 2.26. The molecule has 142 valence electrons. The van der Waals surface area contributed by atoms with Crippen LogP contribution in [0.4, 0.5) is 0 Å². The fourth-order valence-electron chi connectivity index (χ4n) is 3.79. The normalized spacial score (nSPS) is 18.1. The summed E-state index contributed by atoms with van der Waals surface area (Å²) in [7, 11) is -3.47. The molecule has 0 N–H and O–H groups in total. The van der Waals surface area contributed by atoms with Crippen molar-refractivity contribution in [1.82, 2.24) is 14.2 Å². The molecule has 4 rings (SSSR count). The van der Waals surface area contributed by atoms with E-state index in [2.05, 4.69) is 4.98 Å². The minimum atomic E-state index is -3.47. The van der Waals surface area contributed by atoms with Gasteiger partial charge in [0.25, 0.3) is 5.91 Å². The maximum atomic E-state index is 12.9. The van der Waals surface area contributed by atoms with Crippen LogP contribution >= 0.6 is 0 Å². The number of aromatic nitrogens is 1. The van der Waals surface area contributed by atoms with Crippen LogP contribution in [0.25, 0.3) is 0 Å². The van der Waals surface area contributed by atoms with Gasteiger partial charge in [0, 0.05) is 38.6 Å². The van der Waals surface area contributed by atoms with Crippen molar-refractivity contribution >= 4 is 15.9 Å². The van der Waals surface area contributed by atoms with E-state index in [1.165, 1.54) is 0 Å². The van der Waals surface area contributed by atoms with Gasteiger partial charge in [-0.2, -0.15) is 4.31 Å². The summed E-state index contributed by atoms with van der Waals surface area (Å²) in [4.78, 5) is 18.8. The van der Waals surface area contributed by atoms with Gasteiger partial charge in [-0.25, -0.2) is 8.42 Å². The SMILES string of the molecule is O=C(c1cccnc1)N1CCc2ccc(S(=O)(=O)N3CCCCC3)cc2C1. The second kappa shape index (κ2) is 7.40. The predicted octanol–water partition coefficient (Wildman–Crippen LogP) is 2.45. The number of pyridine rings is 1. The third kappa shape index (κ3) is 3.61. The maximum Gasteiger partial charge on any atom is 0.255 e. The number of amides is 1. The van der Waals surface area contributed by atoms with Crippen LogP contribution in [0.5, 0.6) is 0 Å². The Kier molecular flexibility index (Phi) is 4.97. The van der Waals surface area contributed by atoms with E-state index in [4.69, 9.17) is 0 Å². The average Bonchev–Trinajstić information content (AvgIpc) is 2.73. The van der Waals surface area contributed by atoms with Gasteiger partial charge in [0.15, 0.2) is 0 Å². The lowest BCUT2D eigenvalue weighted by Crippen LogP contribution is -2.37. The fourth-order valence-corrected chi connectivity index (χ4v) is 5.36. The molecule has 1 amide bonds. The van der Waals surface area contributed by atoms with E-state index in [0.29, 0.717) is 36.6 Å². The molecule has 0 unspecified atom stereocenters. The molecule has 1 fully saturated rings. The summed E-state index contributed by atoms with van der Waals surface area (Å²) in [5, 5.41) is 0. The van der Waals surface area contributed by atoms with Gasteiger partial charge in [0.2, 0.25) is 10.0 Å². The third-order valence-corrected chi connectivity index (χ3v) is 7.23. The molecule has 0 spiro atoms. The molecule has 7 heteroatoms. The summed E-state index contributed by atoms with van der Waals surface area (Å²) >= 11 is 0. The van der Waals surface area contributed by atoms with Crippen molar-refractivity contribution in [2.24, 2.45) is 0 Å². The van der Waals surface area contributed by atoms with Crippen LogP contribution in [-0.4, -0.2) is 48.1 Å². The van der Waals surface area contributed by atoms with E-state index in [0.717, 1.165) is 36.8 Å². The number of hydrogen-bond acceptors (Lipinski definition) is 4. The molecule has 0 radical (unpaired) electrons. The number of sulfonamides is 1. The van der Waals surface area contributed by atoms with Crippen molar-refractivity contribution in [3.05, 3.63) is 59.4 Å². The zero-order valence-corrected chi connectivity index (χ0v) is 16.0. The number of hydrogen-bond donors (Lipinski definition) is 0. The molecule has 2 aliphatic heterocycles. The summed E-state index contributed by atoms with van der Waals surface area (Å²) in [6.45, 7) is 2.22. The van der Waals surface area contributed by atoms with Crippen LogP contribution in [0.2, 0.25) is 0 Å². The lowest BCUT2D eigenvalue weighted by atomic mass is 9.99. The molecule has 27 heavy (non-hydrogen) atoms. The quantitative estimate of drug-likeness (QED) is 0.814. The number of benzene rings is 1. The zero-order valence-electron chi connectivity index (χ0n) is 15.2. The van der Waals surface area contributed by atoms with Crippen molar-refractivity contribution in [1.29, 1.82) is 0 Å². The van der Waals surface area contributed by atoms with E-state index in [1.807, 2.05) is 6.07 Å². The number of carbonyl (C=O) groups excluding carboxylic acids is 1. The summed E-state index contributed by atoms with van der Waals surface area (Å²) in [5.41, 5.74) is 2.58. The highest BCUT2D eigenvalue weighted by Gasteiger charge is 2.28. The minimum absolute atomic E-state index is 0.0713. The summed E-state index contributed by atoms with van der Waals surface area (Å²) in [5.74, 6) is -0.0713. The standard InChI is InChI=1S/C20H23N3O3S/c24-20(17-5-4-9-21-14-17)22-12-8-16-6-7-19(13-18(16)15-22)27(25,26)23-10-2-1-3-11-23/h4-7,9,13-14H,1-3,8,10-12,15H2. The van der Waals surface area contributed by atoms with Crippen LogP contribution < -0.4 is 0 Å². The molecular weight excluding hydrogens is 362 g/mol. The number of piperidine rings is 1. The first-order chi connectivity index (χ1) is 13.1. The molecule has 0 atom stereocenters. The Morgan fingerprint density at radius 2 is 1.81 bits per heavy atom. The van der Waals surface area contributed by atoms with E-state index in [-0.39, 0.29) is 5.91 Å². The first kappa shape index (κ1) is 18.1. The Labute approximate surface area is 159 Å². The van der Waals surface area contributed by atoms with Crippen LogP contribution in [-0.2, 0) is 23.0 Å². The average molecular weight is 385 g/mol. The van der Waals surface area contributed by atoms with Gasteiger partial charge in [-0.1, -0.05) is 12.5 Å². The maximum absolute atomic E-state index is 12.9. The molecule has 6 nitrogen and oxygen atoms in total. The molecule has 1 aromatic heterocycles. The first-order valence-corrected chi connectivity index (χ1v) is 10.8. The number of nitrogens with zero attached hydrogens (tertiary/aromatic N) is 3. The smallest absolute Gasteiger partial charge is 0.255 e. The molecule has 2 aromatic rings. The van der Waals surface area contributed by atoms with Gasteiger partial charge in [-0.3, -0.25) is 9.78 Å². The minimum Gasteiger partial charge on any atom is -0.334 e. The van der Waals surface area contributed by atoms with E-state index < -0.39 is 10.0 Å². The Morgan fingerprint density at radius 3 is 2.56 bits per heavy atom. The van der Waals surface area contributed by atoms with E-state index in [1.54, 1.807) is 45.9 Å². The van der Waals surface area contributed by atoms with Crippen LogP contribution in [0.3, 0.4) is 0 Å². The molecular formula is C20H23N3O3S. The summed E-state index contributed by atoms with van der Waals surface area (Å²) in [6.07, 6.45) is 6.84. The lowest BCUT2D eigenvalue weighted by molar-refractivity contribution is 0.0734. The van der Waals surface area contributed by atoms with Gasteiger partial charge >= 0.3 is 0 Å². The van der Waals surface area contributed by atoms with E-state index >= 15 is 0 Å². The molecule has 1 saturated heterocycles. The van der Waals surface area contributed by atoms with Crippen molar-refractivity contribution in [2.45, 2.75) is 37.1 Å². The second-order valence-electron chi connectivity index (χ2n) is 7.11. The molecule has 0 bridgehead atoms. The monoisotopic (exact) mass is 385 g/mol. The lowest BCUT2D eigenvalue weighted by Gasteiger charge is -2.30. The molecule has 2 aliphatic rings. The summed E-state index contributed by atoms with van der Waals surface area (Å²) in [6, 6.07) is 8.86. The highest BCUT2D eigenvalue weighted by atomic mass is 32.2. The van der Waals surface area contributed by atoms with Crippen molar-refractivity contribution in [2.75, 3.05) is 19.6 Å². The Balaban J connectivity index is 1.58. The van der Waals surface area contributed by atoms with Gasteiger partial charge < -0.3 is 4.90 Å². The number of fused-ring (bicyclic) bond motifs is 1. The van der Waals surface area contributed by atoms with Crippen LogP contribution in [0.1, 0.15) is 40.7 Å². The largest absolute Gasteiger partial charge is 0.334 e. The van der Waals surface area contributed by atoms with Crippen LogP contribution in [0.15, 0.2) is 47.6 Å². The second-order valence-corrected chi connectivity index (χ2v) is 9.05. The molecule has 0 saturated carbocycles. The number of rotatable bonds is 3. The zero-order chi connectivity index (χ0) is 18.9. The van der Waals surface area contributed by atoms with Crippen molar-refractivity contribution in [3.63, 3.8) is 0 Å². The van der Waals surface area contributed by atoms with Gasteiger partial charge in [0.05, 0.1) is 10.5 Å². The Bertz CT molecular complexity index is 938. The van der Waals surface area contributed by atoms with E-state index in [9.17, 15) is 13.2 Å². The topological polar surface area (TPSA) is 70.6 Å². The predicted molar refractivity (Wildman–Crippen MR) is 102 cm³/mol. The molecule has 0 aliphatic carbocycles. The van der Waals surface area contributed by atoms with Gasteiger partial charge in [-0.05, 0) is 54.7 Å². The molecule has 1 aromatic carbocycles. The summed E-state index contributed by atoms with van der Waals surface area (Å²) < 4.78 is 27.5. The van der Waals surface area contributed by atoms with Crippen molar-refractivity contribution < 1.29 is 13.2 Å². The molecule has 3 heterocycles. The van der Waals surface area contributed by atoms with Gasteiger partial charge in [0.1, 0.15) is 0 Å².